The fourth-order valence-electron chi connectivity index (χ4n) is 1.74. The van der Waals surface area contributed by atoms with E-state index in [1.54, 1.807) is 6.20 Å². The van der Waals surface area contributed by atoms with E-state index in [2.05, 4.69) is 17.1 Å². The van der Waals surface area contributed by atoms with Gasteiger partial charge < -0.3 is 10.5 Å². The highest BCUT2D eigenvalue weighted by Gasteiger charge is 2.06. The standard InChI is InChI=1S/C15H16N2OS/c1-11(13-5-3-2-4-6-13)18-10-12-7-8-17-14(9-12)15(16)19/h2-9,11H,10H2,1H3,(H2,16,19). The number of nitrogens with zero attached hydrogens (tertiary/aromatic N) is 1. The Morgan fingerprint density at radius 2 is 2.05 bits per heavy atom. The summed E-state index contributed by atoms with van der Waals surface area (Å²) in [5.41, 5.74) is 8.36. The minimum absolute atomic E-state index is 0.0441. The molecule has 0 bridgehead atoms. The lowest BCUT2D eigenvalue weighted by atomic mass is 10.1. The van der Waals surface area contributed by atoms with Crippen LogP contribution in [0.1, 0.15) is 29.8 Å². The van der Waals surface area contributed by atoms with E-state index in [4.69, 9.17) is 22.7 Å². The van der Waals surface area contributed by atoms with Gasteiger partial charge in [0, 0.05) is 6.20 Å². The maximum Gasteiger partial charge on any atom is 0.122 e. The number of ether oxygens (including phenoxy) is 1. The Hall–Kier alpha value is -1.78. The number of pyridine rings is 1. The van der Waals surface area contributed by atoms with E-state index in [-0.39, 0.29) is 6.10 Å². The average Bonchev–Trinajstić information content (AvgIpc) is 2.46. The minimum Gasteiger partial charge on any atom is -0.388 e. The zero-order valence-electron chi connectivity index (χ0n) is 10.7. The van der Waals surface area contributed by atoms with E-state index in [9.17, 15) is 0 Å². The zero-order chi connectivity index (χ0) is 13.7. The van der Waals surface area contributed by atoms with Crippen LogP contribution >= 0.6 is 12.2 Å². The van der Waals surface area contributed by atoms with Crippen LogP contribution in [0.15, 0.2) is 48.7 Å². The van der Waals surface area contributed by atoms with Gasteiger partial charge in [-0.05, 0) is 30.2 Å². The summed E-state index contributed by atoms with van der Waals surface area (Å²) >= 11 is 4.91. The van der Waals surface area contributed by atoms with Crippen molar-refractivity contribution in [1.82, 2.24) is 4.98 Å². The summed E-state index contributed by atoms with van der Waals surface area (Å²) in [6.45, 7) is 2.54. The number of thiocarbonyl (C=S) groups is 1. The maximum absolute atomic E-state index is 5.84. The number of aromatic nitrogens is 1. The van der Waals surface area contributed by atoms with Crippen molar-refractivity contribution in [3.05, 3.63) is 65.5 Å². The predicted octanol–water partition coefficient (Wildman–Crippen LogP) is 2.99. The number of rotatable bonds is 5. The van der Waals surface area contributed by atoms with Crippen LogP contribution < -0.4 is 5.73 Å². The molecule has 3 nitrogen and oxygen atoms in total. The van der Waals surface area contributed by atoms with Crippen LogP contribution in [-0.2, 0) is 11.3 Å². The van der Waals surface area contributed by atoms with E-state index >= 15 is 0 Å². The van der Waals surface area contributed by atoms with Crippen molar-refractivity contribution in [2.45, 2.75) is 19.6 Å². The van der Waals surface area contributed by atoms with Gasteiger partial charge in [-0.3, -0.25) is 4.98 Å². The lowest BCUT2D eigenvalue weighted by Crippen LogP contribution is -2.12. The first-order valence-corrected chi connectivity index (χ1v) is 6.49. The van der Waals surface area contributed by atoms with Crippen molar-refractivity contribution in [1.29, 1.82) is 0 Å². The number of nitrogens with two attached hydrogens (primary N) is 1. The normalized spacial score (nSPS) is 12.1. The Morgan fingerprint density at radius 3 is 2.74 bits per heavy atom. The second kappa shape index (κ2) is 6.41. The predicted molar refractivity (Wildman–Crippen MR) is 79.8 cm³/mol. The Balaban J connectivity index is 1.99. The molecule has 0 saturated carbocycles. The molecule has 1 aromatic heterocycles. The molecule has 0 spiro atoms. The summed E-state index contributed by atoms with van der Waals surface area (Å²) in [6.07, 6.45) is 1.74. The Bertz CT molecular complexity index is 557. The Labute approximate surface area is 118 Å². The van der Waals surface area contributed by atoms with Crippen LogP contribution in [0.2, 0.25) is 0 Å². The van der Waals surface area contributed by atoms with Gasteiger partial charge in [-0.1, -0.05) is 42.5 Å². The SMILES string of the molecule is CC(OCc1ccnc(C(N)=S)c1)c1ccccc1. The van der Waals surface area contributed by atoms with Gasteiger partial charge in [0.2, 0.25) is 0 Å². The fraction of sp³-hybridized carbons (Fsp3) is 0.200. The molecule has 98 valence electrons. The van der Waals surface area contributed by atoms with Gasteiger partial charge in [0.05, 0.1) is 18.4 Å². The maximum atomic E-state index is 5.84. The highest BCUT2D eigenvalue weighted by atomic mass is 32.1. The van der Waals surface area contributed by atoms with Gasteiger partial charge in [0.1, 0.15) is 4.99 Å². The lowest BCUT2D eigenvalue weighted by Gasteiger charge is -2.13. The topological polar surface area (TPSA) is 48.1 Å². The molecule has 0 amide bonds. The van der Waals surface area contributed by atoms with Crippen molar-refractivity contribution in [3.63, 3.8) is 0 Å². The molecule has 2 N–H and O–H groups in total. The molecule has 2 rings (SSSR count). The minimum atomic E-state index is 0.0441. The monoisotopic (exact) mass is 272 g/mol. The molecule has 0 aliphatic rings. The van der Waals surface area contributed by atoms with Gasteiger partial charge in [-0.25, -0.2) is 0 Å². The van der Waals surface area contributed by atoms with E-state index in [0.29, 0.717) is 17.3 Å². The summed E-state index contributed by atoms with van der Waals surface area (Å²) in [4.78, 5) is 4.41. The third-order valence-electron chi connectivity index (χ3n) is 2.85. The molecular formula is C15H16N2OS. The first-order valence-electron chi connectivity index (χ1n) is 6.08. The zero-order valence-corrected chi connectivity index (χ0v) is 11.6. The van der Waals surface area contributed by atoms with Crippen LogP contribution in [0.25, 0.3) is 0 Å². The molecule has 2 aromatic rings. The first kappa shape index (κ1) is 13.6. The molecule has 4 heteroatoms. The third kappa shape index (κ3) is 3.84. The van der Waals surface area contributed by atoms with Crippen LogP contribution in [0, 0.1) is 0 Å². The smallest absolute Gasteiger partial charge is 0.122 e. The Morgan fingerprint density at radius 1 is 1.32 bits per heavy atom. The van der Waals surface area contributed by atoms with Crippen molar-refractivity contribution < 1.29 is 4.74 Å². The molecule has 1 heterocycles. The van der Waals surface area contributed by atoms with Gasteiger partial charge in [0.15, 0.2) is 0 Å². The molecule has 1 atom stereocenters. The summed E-state index contributed by atoms with van der Waals surface area (Å²) in [5.74, 6) is 0. The van der Waals surface area contributed by atoms with Crippen molar-refractivity contribution in [3.8, 4) is 0 Å². The number of hydrogen-bond acceptors (Lipinski definition) is 3. The van der Waals surface area contributed by atoms with Gasteiger partial charge in [0.25, 0.3) is 0 Å². The second-order valence-corrected chi connectivity index (χ2v) is 4.72. The molecular weight excluding hydrogens is 256 g/mol. The van der Waals surface area contributed by atoms with Crippen molar-refractivity contribution >= 4 is 17.2 Å². The first-order chi connectivity index (χ1) is 9.16. The molecule has 1 unspecified atom stereocenters. The molecule has 19 heavy (non-hydrogen) atoms. The molecule has 0 aliphatic heterocycles. The molecule has 0 aliphatic carbocycles. The summed E-state index contributed by atoms with van der Waals surface area (Å²) in [7, 11) is 0. The van der Waals surface area contributed by atoms with Crippen LogP contribution in [0.5, 0.6) is 0 Å². The molecule has 0 saturated heterocycles. The molecule has 1 aromatic carbocycles. The lowest BCUT2D eigenvalue weighted by molar-refractivity contribution is 0.0525. The van der Waals surface area contributed by atoms with E-state index in [0.717, 1.165) is 11.1 Å². The highest BCUT2D eigenvalue weighted by Crippen LogP contribution is 2.18. The summed E-state index contributed by atoms with van der Waals surface area (Å²) in [6, 6.07) is 13.9. The van der Waals surface area contributed by atoms with Crippen molar-refractivity contribution in [2.24, 2.45) is 5.73 Å². The molecule has 0 radical (unpaired) electrons. The van der Waals surface area contributed by atoms with E-state index in [1.807, 2.05) is 37.3 Å². The molecule has 0 fully saturated rings. The third-order valence-corrected chi connectivity index (χ3v) is 3.05. The quantitative estimate of drug-likeness (QED) is 0.850. The van der Waals surface area contributed by atoms with E-state index < -0.39 is 0 Å². The second-order valence-electron chi connectivity index (χ2n) is 4.28. The van der Waals surface area contributed by atoms with Crippen molar-refractivity contribution in [2.75, 3.05) is 0 Å². The van der Waals surface area contributed by atoms with Gasteiger partial charge in [-0.2, -0.15) is 0 Å². The van der Waals surface area contributed by atoms with Gasteiger partial charge >= 0.3 is 0 Å². The fourth-order valence-corrected chi connectivity index (χ4v) is 1.85. The Kier molecular flexibility index (Phi) is 4.60. The van der Waals surface area contributed by atoms with Gasteiger partial charge in [-0.15, -0.1) is 0 Å². The average molecular weight is 272 g/mol. The van der Waals surface area contributed by atoms with E-state index in [1.165, 1.54) is 0 Å². The van der Waals surface area contributed by atoms with Crippen LogP contribution in [-0.4, -0.2) is 9.97 Å². The highest BCUT2D eigenvalue weighted by molar-refractivity contribution is 7.80. The van der Waals surface area contributed by atoms with Crippen LogP contribution in [0.3, 0.4) is 0 Å². The summed E-state index contributed by atoms with van der Waals surface area (Å²) in [5, 5.41) is 0. The number of benzene rings is 1. The summed E-state index contributed by atoms with van der Waals surface area (Å²) < 4.78 is 5.84. The van der Waals surface area contributed by atoms with Crippen LogP contribution in [0.4, 0.5) is 0 Å². The largest absolute Gasteiger partial charge is 0.388 e. The number of hydrogen-bond donors (Lipinski definition) is 1.